The van der Waals surface area contributed by atoms with E-state index >= 15 is 0 Å². The van der Waals surface area contributed by atoms with Crippen molar-refractivity contribution in [2.24, 2.45) is 0 Å². The average Bonchev–Trinajstić information content (AvgIpc) is 2.47. The van der Waals surface area contributed by atoms with Crippen LogP contribution in [0.5, 0.6) is 0 Å². The van der Waals surface area contributed by atoms with Crippen molar-refractivity contribution < 1.29 is 0 Å². The van der Waals surface area contributed by atoms with Gasteiger partial charge in [0, 0.05) is 41.3 Å². The van der Waals surface area contributed by atoms with Crippen LogP contribution in [0.3, 0.4) is 0 Å². The molecule has 1 heterocycles. The van der Waals surface area contributed by atoms with Crippen molar-refractivity contribution in [1.82, 2.24) is 10.2 Å². The third-order valence-electron chi connectivity index (χ3n) is 4.56. The van der Waals surface area contributed by atoms with E-state index in [4.69, 9.17) is 23.2 Å². The van der Waals surface area contributed by atoms with Crippen LogP contribution in [-0.2, 0) is 0 Å². The van der Waals surface area contributed by atoms with Crippen LogP contribution in [0, 0.1) is 0 Å². The standard InChI is InChI=1S/C17H26Cl2N2/c1-4-6-14-11-21(15(5-2)10-20-14)12(3)16-8-7-13(18)9-17(16)19/h7-9,12,14-15,20H,4-6,10-11H2,1-3H3. The molecule has 0 saturated carbocycles. The molecular weight excluding hydrogens is 303 g/mol. The molecule has 1 saturated heterocycles. The van der Waals surface area contributed by atoms with Gasteiger partial charge in [-0.2, -0.15) is 0 Å². The minimum absolute atomic E-state index is 0.321. The van der Waals surface area contributed by atoms with Gasteiger partial charge in [0.25, 0.3) is 0 Å². The van der Waals surface area contributed by atoms with E-state index in [1.165, 1.54) is 18.4 Å². The highest BCUT2D eigenvalue weighted by molar-refractivity contribution is 6.35. The number of halogens is 2. The number of nitrogens with one attached hydrogen (secondary N) is 1. The predicted octanol–water partition coefficient (Wildman–Crippen LogP) is 4.91. The van der Waals surface area contributed by atoms with Gasteiger partial charge in [-0.15, -0.1) is 0 Å². The fourth-order valence-corrected chi connectivity index (χ4v) is 3.87. The maximum atomic E-state index is 6.41. The van der Waals surface area contributed by atoms with E-state index in [1.807, 2.05) is 12.1 Å². The summed E-state index contributed by atoms with van der Waals surface area (Å²) in [7, 11) is 0. The van der Waals surface area contributed by atoms with Crippen LogP contribution in [0.2, 0.25) is 10.0 Å². The number of hydrogen-bond donors (Lipinski definition) is 1. The van der Waals surface area contributed by atoms with Gasteiger partial charge in [0.05, 0.1) is 0 Å². The number of benzene rings is 1. The first-order chi connectivity index (χ1) is 10.1. The van der Waals surface area contributed by atoms with Crippen LogP contribution in [0.25, 0.3) is 0 Å². The van der Waals surface area contributed by atoms with Crippen LogP contribution in [0.4, 0.5) is 0 Å². The molecular formula is C17H26Cl2N2. The minimum atomic E-state index is 0.321. The zero-order chi connectivity index (χ0) is 15.4. The molecule has 1 N–H and O–H groups in total. The van der Waals surface area contributed by atoms with E-state index in [0.29, 0.717) is 23.1 Å². The molecule has 0 spiro atoms. The molecule has 0 radical (unpaired) electrons. The van der Waals surface area contributed by atoms with Gasteiger partial charge < -0.3 is 5.32 Å². The molecule has 1 aromatic carbocycles. The Balaban J connectivity index is 2.18. The van der Waals surface area contributed by atoms with Crippen molar-refractivity contribution >= 4 is 23.2 Å². The van der Waals surface area contributed by atoms with Gasteiger partial charge >= 0.3 is 0 Å². The van der Waals surface area contributed by atoms with Gasteiger partial charge in [-0.1, -0.05) is 49.5 Å². The Labute approximate surface area is 138 Å². The summed E-state index contributed by atoms with van der Waals surface area (Å²) in [4.78, 5) is 2.60. The van der Waals surface area contributed by atoms with Gasteiger partial charge in [0.15, 0.2) is 0 Å². The Hall–Kier alpha value is -0.280. The van der Waals surface area contributed by atoms with E-state index in [-0.39, 0.29) is 0 Å². The normalized spacial score (nSPS) is 25.0. The molecule has 3 atom stereocenters. The summed E-state index contributed by atoms with van der Waals surface area (Å²) < 4.78 is 0. The number of rotatable bonds is 5. The lowest BCUT2D eigenvalue weighted by molar-refractivity contribution is 0.0836. The zero-order valence-electron chi connectivity index (χ0n) is 13.2. The highest BCUT2D eigenvalue weighted by Crippen LogP contribution is 2.32. The highest BCUT2D eigenvalue weighted by atomic mass is 35.5. The second-order valence-electron chi connectivity index (χ2n) is 5.99. The van der Waals surface area contributed by atoms with E-state index in [0.717, 1.165) is 24.5 Å². The molecule has 2 nitrogen and oxygen atoms in total. The summed E-state index contributed by atoms with van der Waals surface area (Å²) in [6.07, 6.45) is 3.60. The molecule has 1 aliphatic rings. The molecule has 1 aliphatic heterocycles. The first kappa shape index (κ1) is 17.1. The molecule has 4 heteroatoms. The largest absolute Gasteiger partial charge is 0.311 e. The maximum Gasteiger partial charge on any atom is 0.0468 e. The van der Waals surface area contributed by atoms with E-state index in [2.05, 4.69) is 37.1 Å². The third kappa shape index (κ3) is 4.13. The molecule has 3 unspecified atom stereocenters. The van der Waals surface area contributed by atoms with Crippen molar-refractivity contribution in [2.45, 2.75) is 58.2 Å². The van der Waals surface area contributed by atoms with Gasteiger partial charge in [-0.3, -0.25) is 4.90 Å². The van der Waals surface area contributed by atoms with Crippen LogP contribution in [-0.4, -0.2) is 30.1 Å². The minimum Gasteiger partial charge on any atom is -0.311 e. The Kier molecular flexibility index (Phi) is 6.36. The van der Waals surface area contributed by atoms with Crippen LogP contribution in [0.15, 0.2) is 18.2 Å². The Bertz CT molecular complexity index is 464. The first-order valence-electron chi connectivity index (χ1n) is 8.00. The second-order valence-corrected chi connectivity index (χ2v) is 6.84. The summed E-state index contributed by atoms with van der Waals surface area (Å²) in [5.41, 5.74) is 1.18. The van der Waals surface area contributed by atoms with Gasteiger partial charge in [-0.05, 0) is 37.5 Å². The topological polar surface area (TPSA) is 15.3 Å². The van der Waals surface area contributed by atoms with Crippen LogP contribution < -0.4 is 5.32 Å². The lowest BCUT2D eigenvalue weighted by Crippen LogP contribution is -2.56. The second kappa shape index (κ2) is 7.82. The zero-order valence-corrected chi connectivity index (χ0v) is 14.7. The Morgan fingerprint density at radius 1 is 1.33 bits per heavy atom. The fraction of sp³-hybridized carbons (Fsp3) is 0.647. The molecule has 21 heavy (non-hydrogen) atoms. The highest BCUT2D eigenvalue weighted by Gasteiger charge is 2.30. The van der Waals surface area contributed by atoms with E-state index in [1.54, 1.807) is 0 Å². The number of nitrogens with zero attached hydrogens (tertiary/aromatic N) is 1. The summed E-state index contributed by atoms with van der Waals surface area (Å²) in [5.74, 6) is 0. The smallest absolute Gasteiger partial charge is 0.0468 e. The van der Waals surface area contributed by atoms with Gasteiger partial charge in [0.2, 0.25) is 0 Å². The maximum absolute atomic E-state index is 6.41. The van der Waals surface area contributed by atoms with Gasteiger partial charge in [0.1, 0.15) is 0 Å². The van der Waals surface area contributed by atoms with Crippen LogP contribution >= 0.6 is 23.2 Å². The fourth-order valence-electron chi connectivity index (χ4n) is 3.30. The molecule has 0 aliphatic carbocycles. The lowest BCUT2D eigenvalue weighted by atomic mass is 9.98. The van der Waals surface area contributed by atoms with Crippen molar-refractivity contribution in [2.75, 3.05) is 13.1 Å². The average molecular weight is 329 g/mol. The molecule has 2 rings (SSSR count). The van der Waals surface area contributed by atoms with Crippen molar-refractivity contribution in [3.63, 3.8) is 0 Å². The molecule has 0 bridgehead atoms. The Morgan fingerprint density at radius 3 is 2.71 bits per heavy atom. The predicted molar refractivity (Wildman–Crippen MR) is 92.4 cm³/mol. The third-order valence-corrected chi connectivity index (χ3v) is 5.12. The lowest BCUT2D eigenvalue weighted by Gasteiger charge is -2.44. The summed E-state index contributed by atoms with van der Waals surface area (Å²) >= 11 is 12.4. The summed E-state index contributed by atoms with van der Waals surface area (Å²) in [5, 5.41) is 5.16. The monoisotopic (exact) mass is 328 g/mol. The molecule has 0 amide bonds. The van der Waals surface area contributed by atoms with Crippen molar-refractivity contribution in [3.05, 3.63) is 33.8 Å². The quantitative estimate of drug-likeness (QED) is 0.826. The van der Waals surface area contributed by atoms with E-state index < -0.39 is 0 Å². The molecule has 0 aromatic heterocycles. The number of piperazine rings is 1. The molecule has 1 fully saturated rings. The SMILES string of the molecule is CCCC1CN(C(C)c2ccc(Cl)cc2Cl)C(CC)CN1. The summed E-state index contributed by atoms with van der Waals surface area (Å²) in [6.45, 7) is 8.92. The molecule has 118 valence electrons. The van der Waals surface area contributed by atoms with Crippen LogP contribution in [0.1, 0.15) is 51.6 Å². The number of hydrogen-bond acceptors (Lipinski definition) is 2. The van der Waals surface area contributed by atoms with Gasteiger partial charge in [-0.25, -0.2) is 0 Å². The summed E-state index contributed by atoms with van der Waals surface area (Å²) in [6, 6.07) is 7.33. The molecule has 1 aromatic rings. The van der Waals surface area contributed by atoms with Crippen molar-refractivity contribution in [1.29, 1.82) is 0 Å². The van der Waals surface area contributed by atoms with Crippen molar-refractivity contribution in [3.8, 4) is 0 Å². The first-order valence-corrected chi connectivity index (χ1v) is 8.76. The Morgan fingerprint density at radius 2 is 2.10 bits per heavy atom. The van der Waals surface area contributed by atoms with E-state index in [9.17, 15) is 0 Å².